The van der Waals surface area contributed by atoms with Gasteiger partial charge >= 0.3 is 0 Å². The fraction of sp³-hybridized carbons (Fsp3) is 0. The lowest BCUT2D eigenvalue weighted by Gasteiger charge is -1.95. The van der Waals surface area contributed by atoms with Gasteiger partial charge in [-0.1, -0.05) is 42.2 Å². The maximum atomic E-state index is 10.8. The van der Waals surface area contributed by atoms with Crippen molar-refractivity contribution in [3.8, 4) is 11.8 Å². The molecule has 0 aliphatic carbocycles. The Balaban J connectivity index is 2.40. The number of benzene rings is 2. The van der Waals surface area contributed by atoms with Crippen molar-refractivity contribution in [1.82, 2.24) is 0 Å². The van der Waals surface area contributed by atoms with Crippen molar-refractivity contribution in [2.45, 2.75) is 0 Å². The van der Waals surface area contributed by atoms with Crippen LogP contribution in [0, 0.1) is 11.8 Å². The van der Waals surface area contributed by atoms with Crippen LogP contribution >= 0.6 is 15.9 Å². The molecule has 2 aromatic carbocycles. The maximum absolute atomic E-state index is 10.8. The van der Waals surface area contributed by atoms with Crippen molar-refractivity contribution in [2.75, 3.05) is 0 Å². The second kappa shape index (κ2) is 5.47. The number of aldehydes is 1. The molecule has 0 saturated heterocycles. The molecule has 2 heteroatoms. The summed E-state index contributed by atoms with van der Waals surface area (Å²) in [5.41, 5.74) is 2.28. The van der Waals surface area contributed by atoms with Crippen molar-refractivity contribution in [3.05, 3.63) is 69.7 Å². The summed E-state index contributed by atoms with van der Waals surface area (Å²) in [7, 11) is 0. The molecule has 0 amide bonds. The van der Waals surface area contributed by atoms with Crippen LogP contribution in [0.4, 0.5) is 0 Å². The van der Waals surface area contributed by atoms with Gasteiger partial charge in [-0.25, -0.2) is 0 Å². The molecule has 0 atom stereocenters. The number of hydrogen-bond acceptors (Lipinski definition) is 1. The average molecular weight is 285 g/mol. The minimum absolute atomic E-state index is 0.618. The van der Waals surface area contributed by atoms with Crippen LogP contribution in [0.2, 0.25) is 0 Å². The molecule has 2 aromatic rings. The first kappa shape index (κ1) is 11.6. The van der Waals surface area contributed by atoms with Crippen LogP contribution in [0.5, 0.6) is 0 Å². The van der Waals surface area contributed by atoms with Gasteiger partial charge < -0.3 is 0 Å². The van der Waals surface area contributed by atoms with Gasteiger partial charge in [-0.15, -0.1) is 0 Å². The quantitative estimate of drug-likeness (QED) is 0.577. The summed E-state index contributed by atoms with van der Waals surface area (Å²) in [4.78, 5) is 10.8. The Labute approximate surface area is 109 Å². The van der Waals surface area contributed by atoms with E-state index in [4.69, 9.17) is 0 Å². The van der Waals surface area contributed by atoms with Crippen LogP contribution in [0.25, 0.3) is 0 Å². The summed E-state index contributed by atoms with van der Waals surface area (Å²) in [5, 5.41) is 0. The Hall–Kier alpha value is -1.85. The molecule has 0 N–H and O–H groups in total. The zero-order chi connectivity index (χ0) is 12.1. The topological polar surface area (TPSA) is 17.1 Å². The predicted molar refractivity (Wildman–Crippen MR) is 72.0 cm³/mol. The molecule has 0 saturated carbocycles. The van der Waals surface area contributed by atoms with E-state index in [2.05, 4.69) is 27.8 Å². The number of hydrogen-bond donors (Lipinski definition) is 0. The number of rotatable bonds is 1. The molecule has 2 rings (SSSR count). The van der Waals surface area contributed by atoms with Gasteiger partial charge in [0.05, 0.1) is 0 Å². The van der Waals surface area contributed by atoms with E-state index in [1.165, 1.54) is 0 Å². The second-order valence-electron chi connectivity index (χ2n) is 3.43. The largest absolute Gasteiger partial charge is 0.298 e. The van der Waals surface area contributed by atoms with Gasteiger partial charge in [0, 0.05) is 21.2 Å². The lowest BCUT2D eigenvalue weighted by molar-refractivity contribution is 0.112. The smallest absolute Gasteiger partial charge is 0.151 e. The molecule has 0 radical (unpaired) electrons. The first-order chi connectivity index (χ1) is 8.31. The monoisotopic (exact) mass is 284 g/mol. The Morgan fingerprint density at radius 1 is 0.882 bits per heavy atom. The fourth-order valence-electron chi connectivity index (χ4n) is 1.41. The maximum Gasteiger partial charge on any atom is 0.151 e. The van der Waals surface area contributed by atoms with Crippen molar-refractivity contribution in [1.29, 1.82) is 0 Å². The van der Waals surface area contributed by atoms with Crippen LogP contribution in [0.3, 0.4) is 0 Å². The Morgan fingerprint density at radius 3 is 2.18 bits per heavy atom. The molecular weight excluding hydrogens is 276 g/mol. The van der Waals surface area contributed by atoms with Crippen molar-refractivity contribution < 1.29 is 4.79 Å². The van der Waals surface area contributed by atoms with Crippen LogP contribution in [0.15, 0.2) is 53.0 Å². The molecule has 82 valence electrons. The summed E-state index contributed by atoms with van der Waals surface area (Å²) in [6, 6.07) is 15.0. The van der Waals surface area contributed by atoms with E-state index >= 15 is 0 Å². The van der Waals surface area contributed by atoms with E-state index < -0.39 is 0 Å². The fourth-order valence-corrected chi connectivity index (χ4v) is 1.79. The minimum atomic E-state index is 0.618. The zero-order valence-corrected chi connectivity index (χ0v) is 10.6. The third-order valence-electron chi connectivity index (χ3n) is 2.29. The molecule has 0 aliphatic rings. The molecule has 0 spiro atoms. The Morgan fingerprint density at radius 2 is 1.47 bits per heavy atom. The van der Waals surface area contributed by atoms with Crippen molar-refractivity contribution in [3.63, 3.8) is 0 Å². The van der Waals surface area contributed by atoms with Gasteiger partial charge in [0.1, 0.15) is 0 Å². The van der Waals surface area contributed by atoms with Gasteiger partial charge in [-0.2, -0.15) is 0 Å². The molecular formula is C15H9BrO. The zero-order valence-electron chi connectivity index (χ0n) is 8.98. The highest BCUT2D eigenvalue weighted by molar-refractivity contribution is 9.10. The third-order valence-corrected chi connectivity index (χ3v) is 2.98. The van der Waals surface area contributed by atoms with E-state index in [1.807, 2.05) is 42.5 Å². The van der Waals surface area contributed by atoms with Gasteiger partial charge in [0.15, 0.2) is 6.29 Å². The van der Waals surface area contributed by atoms with Crippen LogP contribution < -0.4 is 0 Å². The highest BCUT2D eigenvalue weighted by Crippen LogP contribution is 2.14. The standard InChI is InChI=1S/C15H9BrO/c16-15-8-4-3-6-13(15)10-9-12-5-1-2-7-14(12)11-17/h1-8,11H. The van der Waals surface area contributed by atoms with Crippen LogP contribution in [-0.2, 0) is 0 Å². The molecule has 0 unspecified atom stereocenters. The predicted octanol–water partition coefficient (Wildman–Crippen LogP) is 3.66. The normalized spacial score (nSPS) is 9.24. The van der Waals surface area contributed by atoms with E-state index in [-0.39, 0.29) is 0 Å². The highest BCUT2D eigenvalue weighted by atomic mass is 79.9. The average Bonchev–Trinajstić information content (AvgIpc) is 2.38. The van der Waals surface area contributed by atoms with Crippen molar-refractivity contribution in [2.24, 2.45) is 0 Å². The third kappa shape index (κ3) is 2.83. The van der Waals surface area contributed by atoms with Crippen LogP contribution in [0.1, 0.15) is 21.5 Å². The van der Waals surface area contributed by atoms with Gasteiger partial charge in [0.2, 0.25) is 0 Å². The van der Waals surface area contributed by atoms with E-state index in [9.17, 15) is 4.79 Å². The van der Waals surface area contributed by atoms with Gasteiger partial charge in [-0.3, -0.25) is 4.79 Å². The lowest BCUT2D eigenvalue weighted by atomic mass is 10.1. The first-order valence-corrected chi connectivity index (χ1v) is 5.91. The van der Waals surface area contributed by atoms with Crippen molar-refractivity contribution >= 4 is 22.2 Å². The molecule has 0 heterocycles. The second-order valence-corrected chi connectivity index (χ2v) is 4.29. The molecule has 0 fully saturated rings. The number of halogens is 1. The minimum Gasteiger partial charge on any atom is -0.298 e. The van der Waals surface area contributed by atoms with E-state index in [0.29, 0.717) is 5.56 Å². The number of carbonyl (C=O) groups excluding carboxylic acids is 1. The summed E-state index contributed by atoms with van der Waals surface area (Å²) >= 11 is 3.43. The summed E-state index contributed by atoms with van der Waals surface area (Å²) < 4.78 is 0.955. The van der Waals surface area contributed by atoms with E-state index in [1.54, 1.807) is 6.07 Å². The number of carbonyl (C=O) groups is 1. The summed E-state index contributed by atoms with van der Waals surface area (Å²) in [5.74, 6) is 6.06. The molecule has 1 nitrogen and oxygen atoms in total. The Kier molecular flexibility index (Phi) is 3.74. The molecule has 0 bridgehead atoms. The molecule has 17 heavy (non-hydrogen) atoms. The highest BCUT2D eigenvalue weighted by Gasteiger charge is 1.96. The first-order valence-electron chi connectivity index (χ1n) is 5.12. The van der Waals surface area contributed by atoms with Crippen LogP contribution in [-0.4, -0.2) is 6.29 Å². The van der Waals surface area contributed by atoms with Gasteiger partial charge in [0.25, 0.3) is 0 Å². The van der Waals surface area contributed by atoms with E-state index in [0.717, 1.165) is 21.9 Å². The lowest BCUT2D eigenvalue weighted by Crippen LogP contribution is -1.86. The summed E-state index contributed by atoms with van der Waals surface area (Å²) in [6.07, 6.45) is 0.823. The van der Waals surface area contributed by atoms with Gasteiger partial charge in [-0.05, 0) is 34.1 Å². The molecule has 0 aromatic heterocycles. The SMILES string of the molecule is O=Cc1ccccc1C#Cc1ccccc1Br. The molecule has 0 aliphatic heterocycles. The summed E-state index contributed by atoms with van der Waals surface area (Å²) in [6.45, 7) is 0. The Bertz CT molecular complexity index is 606.